The number of carbonyl (C=O) groups excluding carboxylic acids is 1. The molecule has 0 aliphatic rings. The van der Waals surface area contributed by atoms with Gasteiger partial charge < -0.3 is 35.9 Å². The number of aromatic nitrogens is 2. The molecule has 0 saturated heterocycles. The Kier molecular flexibility index (Phi) is 10.4. The predicted molar refractivity (Wildman–Crippen MR) is 161 cm³/mol. The normalized spacial score (nSPS) is 10.6. The van der Waals surface area contributed by atoms with Crippen molar-refractivity contribution in [2.45, 2.75) is 13.8 Å². The number of carbonyl (C=O) groups is 1. The van der Waals surface area contributed by atoms with E-state index in [1.165, 1.54) is 18.6 Å². The van der Waals surface area contributed by atoms with Gasteiger partial charge in [0.15, 0.2) is 0 Å². The maximum atomic E-state index is 12.3. The molecule has 39 heavy (non-hydrogen) atoms. The van der Waals surface area contributed by atoms with Gasteiger partial charge in [-0.25, -0.2) is 9.97 Å². The lowest BCUT2D eigenvalue weighted by Crippen LogP contribution is -2.29. The summed E-state index contributed by atoms with van der Waals surface area (Å²) in [6, 6.07) is 11.4. The summed E-state index contributed by atoms with van der Waals surface area (Å²) in [6.45, 7) is 10.4. The van der Waals surface area contributed by atoms with Crippen LogP contribution in [-0.4, -0.2) is 74.4 Å². The molecular weight excluding hydrogens is 492 g/mol. The lowest BCUT2D eigenvalue weighted by molar-refractivity contribution is -0.111. The van der Waals surface area contributed by atoms with Crippen LogP contribution in [0.1, 0.15) is 19.4 Å². The SMILES string of the molecule is C=CC(=O)Nc1cc(Nc2cc(-c3ccc(NCC)c(C=N)c3)ncn2)c(OCC)cc1N(C)CCN(C)C. The number of benzene rings is 2. The molecular formula is C29H38N8O2. The van der Waals surface area contributed by atoms with Gasteiger partial charge in [-0.2, -0.15) is 0 Å². The quantitative estimate of drug-likeness (QED) is 0.173. The van der Waals surface area contributed by atoms with E-state index in [2.05, 4.69) is 42.3 Å². The molecule has 0 unspecified atom stereocenters. The van der Waals surface area contributed by atoms with E-state index < -0.39 is 0 Å². The van der Waals surface area contributed by atoms with Crippen molar-refractivity contribution in [3.63, 3.8) is 0 Å². The minimum Gasteiger partial charge on any atom is -0.492 e. The monoisotopic (exact) mass is 530 g/mol. The van der Waals surface area contributed by atoms with Crippen LogP contribution < -0.4 is 25.6 Å². The molecule has 0 fully saturated rings. The van der Waals surface area contributed by atoms with Gasteiger partial charge in [0, 0.05) is 61.8 Å². The minimum absolute atomic E-state index is 0.306. The zero-order valence-electron chi connectivity index (χ0n) is 23.3. The third-order valence-electron chi connectivity index (χ3n) is 5.93. The van der Waals surface area contributed by atoms with Crippen LogP contribution in [-0.2, 0) is 4.79 Å². The summed E-state index contributed by atoms with van der Waals surface area (Å²) in [4.78, 5) is 25.3. The van der Waals surface area contributed by atoms with E-state index in [0.717, 1.165) is 42.1 Å². The van der Waals surface area contributed by atoms with Crippen LogP contribution in [0.4, 0.5) is 28.6 Å². The predicted octanol–water partition coefficient (Wildman–Crippen LogP) is 4.84. The number of nitrogens with zero attached hydrogens (tertiary/aromatic N) is 4. The van der Waals surface area contributed by atoms with E-state index in [0.29, 0.717) is 35.2 Å². The van der Waals surface area contributed by atoms with Crippen LogP contribution in [0.15, 0.2) is 55.4 Å². The molecule has 0 saturated carbocycles. The number of hydrogen-bond acceptors (Lipinski definition) is 9. The van der Waals surface area contributed by atoms with Gasteiger partial charge in [-0.3, -0.25) is 4.79 Å². The van der Waals surface area contributed by atoms with Crippen molar-refractivity contribution in [3.05, 3.63) is 60.9 Å². The number of rotatable bonds is 14. The molecule has 4 N–H and O–H groups in total. The van der Waals surface area contributed by atoms with Gasteiger partial charge in [-0.05, 0) is 52.2 Å². The smallest absolute Gasteiger partial charge is 0.247 e. The summed E-state index contributed by atoms with van der Waals surface area (Å²) in [5.74, 6) is 0.879. The Balaban J connectivity index is 2.00. The Morgan fingerprint density at radius 2 is 1.85 bits per heavy atom. The van der Waals surface area contributed by atoms with E-state index in [1.54, 1.807) is 0 Å². The average molecular weight is 531 g/mol. The van der Waals surface area contributed by atoms with Crippen molar-refractivity contribution < 1.29 is 9.53 Å². The van der Waals surface area contributed by atoms with Gasteiger partial charge in [0.2, 0.25) is 5.91 Å². The first-order valence-corrected chi connectivity index (χ1v) is 12.9. The Morgan fingerprint density at radius 1 is 1.05 bits per heavy atom. The molecule has 206 valence electrons. The molecule has 1 amide bonds. The van der Waals surface area contributed by atoms with Crippen molar-refractivity contribution >= 4 is 40.7 Å². The van der Waals surface area contributed by atoms with Gasteiger partial charge in [-0.15, -0.1) is 0 Å². The van der Waals surface area contributed by atoms with E-state index in [-0.39, 0.29) is 5.91 Å². The molecule has 1 aromatic heterocycles. The number of nitrogens with one attached hydrogen (secondary N) is 4. The Labute approximate surface area is 230 Å². The second-order valence-electron chi connectivity index (χ2n) is 9.11. The summed E-state index contributed by atoms with van der Waals surface area (Å²) in [5.41, 5.74) is 5.33. The van der Waals surface area contributed by atoms with E-state index in [4.69, 9.17) is 10.1 Å². The molecule has 3 aromatic rings. The fourth-order valence-corrected chi connectivity index (χ4v) is 3.93. The largest absolute Gasteiger partial charge is 0.492 e. The fourth-order valence-electron chi connectivity index (χ4n) is 3.93. The maximum absolute atomic E-state index is 12.3. The lowest BCUT2D eigenvalue weighted by Gasteiger charge is -2.26. The van der Waals surface area contributed by atoms with E-state index in [1.807, 2.05) is 71.4 Å². The first kappa shape index (κ1) is 29.1. The number of anilines is 5. The molecule has 1 heterocycles. The first-order chi connectivity index (χ1) is 18.8. The van der Waals surface area contributed by atoms with Crippen molar-refractivity contribution in [1.82, 2.24) is 14.9 Å². The van der Waals surface area contributed by atoms with Crippen LogP contribution in [0.25, 0.3) is 11.3 Å². The van der Waals surface area contributed by atoms with Crippen molar-refractivity contribution in [1.29, 1.82) is 5.41 Å². The molecule has 0 aliphatic carbocycles. The topological polar surface area (TPSA) is 118 Å². The van der Waals surface area contributed by atoms with Crippen molar-refractivity contribution in [2.24, 2.45) is 0 Å². The van der Waals surface area contributed by atoms with E-state index >= 15 is 0 Å². The maximum Gasteiger partial charge on any atom is 0.247 e. The van der Waals surface area contributed by atoms with Gasteiger partial charge in [-0.1, -0.05) is 12.6 Å². The highest BCUT2D eigenvalue weighted by Crippen LogP contribution is 2.38. The zero-order valence-corrected chi connectivity index (χ0v) is 23.3. The average Bonchev–Trinajstić information content (AvgIpc) is 2.93. The molecule has 0 aliphatic heterocycles. The zero-order chi connectivity index (χ0) is 28.4. The van der Waals surface area contributed by atoms with Crippen LogP contribution in [0.5, 0.6) is 5.75 Å². The number of ether oxygens (including phenoxy) is 1. The third kappa shape index (κ3) is 7.78. The molecule has 3 rings (SSSR count). The minimum atomic E-state index is -0.306. The second-order valence-corrected chi connectivity index (χ2v) is 9.11. The van der Waals surface area contributed by atoms with Crippen molar-refractivity contribution in [2.75, 3.05) is 68.2 Å². The number of likely N-dealkylation sites (N-methyl/N-ethyl adjacent to an activating group) is 2. The van der Waals surface area contributed by atoms with Crippen LogP contribution in [0.3, 0.4) is 0 Å². The molecule has 10 nitrogen and oxygen atoms in total. The third-order valence-corrected chi connectivity index (χ3v) is 5.93. The lowest BCUT2D eigenvalue weighted by atomic mass is 10.1. The van der Waals surface area contributed by atoms with Crippen LogP contribution in [0, 0.1) is 5.41 Å². The Hall–Kier alpha value is -4.44. The molecule has 10 heteroatoms. The molecule has 0 radical (unpaired) electrons. The Morgan fingerprint density at radius 3 is 2.51 bits per heavy atom. The highest BCUT2D eigenvalue weighted by Gasteiger charge is 2.17. The first-order valence-electron chi connectivity index (χ1n) is 12.9. The standard InChI is InChI=1S/C29H38N8O2/c1-7-29(38)35-24-15-25(27(39-9-3)17-26(24)37(6)13-12-36(4)5)34-28-16-23(32-19-33-28)20-10-11-22(31-8-2)21(14-20)18-30/h7,10-11,14-19,30-31H,1,8-9,12-13H2,2-6H3,(H,35,38)(H,32,33,34). The summed E-state index contributed by atoms with van der Waals surface area (Å²) >= 11 is 0. The number of hydrogen-bond donors (Lipinski definition) is 4. The summed E-state index contributed by atoms with van der Waals surface area (Å²) in [6.07, 6.45) is 4.06. The highest BCUT2D eigenvalue weighted by molar-refractivity contribution is 6.02. The van der Waals surface area contributed by atoms with Crippen molar-refractivity contribution in [3.8, 4) is 17.0 Å². The summed E-state index contributed by atoms with van der Waals surface area (Å²) < 4.78 is 5.99. The van der Waals surface area contributed by atoms with Gasteiger partial charge in [0.25, 0.3) is 0 Å². The van der Waals surface area contributed by atoms with Gasteiger partial charge in [0.05, 0.1) is 29.4 Å². The molecule has 0 bridgehead atoms. The Bertz CT molecular complexity index is 1310. The van der Waals surface area contributed by atoms with Gasteiger partial charge >= 0.3 is 0 Å². The number of amides is 1. The summed E-state index contributed by atoms with van der Waals surface area (Å²) in [5, 5.41) is 17.3. The molecule has 2 aromatic carbocycles. The van der Waals surface area contributed by atoms with Crippen LogP contribution >= 0.6 is 0 Å². The highest BCUT2D eigenvalue weighted by atomic mass is 16.5. The van der Waals surface area contributed by atoms with E-state index in [9.17, 15) is 4.79 Å². The van der Waals surface area contributed by atoms with Crippen LogP contribution in [0.2, 0.25) is 0 Å². The fraction of sp³-hybridized carbons (Fsp3) is 0.310. The molecule has 0 spiro atoms. The summed E-state index contributed by atoms with van der Waals surface area (Å²) in [7, 11) is 6.02. The molecule has 0 atom stereocenters. The van der Waals surface area contributed by atoms with Gasteiger partial charge in [0.1, 0.15) is 17.9 Å². The second kappa shape index (κ2) is 13.9.